The Morgan fingerprint density at radius 3 is 3.00 bits per heavy atom. The smallest absolute Gasteiger partial charge is 0.238 e. The van der Waals surface area contributed by atoms with Crippen molar-refractivity contribution < 1.29 is 19.4 Å². The number of aliphatic hydroxyl groups is 1. The summed E-state index contributed by atoms with van der Waals surface area (Å²) in [5, 5.41) is 14.1. The van der Waals surface area contributed by atoms with Crippen LogP contribution in [-0.4, -0.2) is 37.5 Å². The molecule has 0 unspecified atom stereocenters. The summed E-state index contributed by atoms with van der Waals surface area (Å²) < 4.78 is 10.4. The minimum Gasteiger partial charge on any atom is -0.454 e. The van der Waals surface area contributed by atoms with Crippen LogP contribution >= 0.6 is 0 Å². The minimum atomic E-state index is -0.169. The Morgan fingerprint density at radius 1 is 1.35 bits per heavy atom. The SMILES string of the molecule is O=C(CNCCO)Nc1ccc2c(c1)OCO2. The molecule has 17 heavy (non-hydrogen) atoms. The molecule has 2 rings (SSSR count). The van der Waals surface area contributed by atoms with Crippen molar-refractivity contribution in [2.75, 3.05) is 31.8 Å². The molecular formula is C11H14N2O4. The van der Waals surface area contributed by atoms with Crippen molar-refractivity contribution in [3.8, 4) is 11.5 Å². The molecule has 0 fully saturated rings. The van der Waals surface area contributed by atoms with E-state index in [4.69, 9.17) is 14.6 Å². The minimum absolute atomic E-state index is 0.0112. The number of ether oxygens (including phenoxy) is 2. The molecule has 1 amide bonds. The molecule has 1 aliphatic heterocycles. The summed E-state index contributed by atoms with van der Waals surface area (Å²) in [5.41, 5.74) is 0.657. The molecule has 3 N–H and O–H groups in total. The van der Waals surface area contributed by atoms with E-state index in [1.54, 1.807) is 18.2 Å². The predicted molar refractivity (Wildman–Crippen MR) is 61.2 cm³/mol. The molecule has 0 aromatic heterocycles. The Balaban J connectivity index is 1.88. The lowest BCUT2D eigenvalue weighted by atomic mass is 10.3. The first-order valence-electron chi connectivity index (χ1n) is 5.30. The van der Waals surface area contributed by atoms with Gasteiger partial charge in [0.1, 0.15) is 0 Å². The van der Waals surface area contributed by atoms with Crippen molar-refractivity contribution in [3.05, 3.63) is 18.2 Å². The van der Waals surface area contributed by atoms with Gasteiger partial charge in [-0.3, -0.25) is 4.79 Å². The number of aliphatic hydroxyl groups excluding tert-OH is 1. The number of anilines is 1. The third kappa shape index (κ3) is 3.08. The van der Waals surface area contributed by atoms with Gasteiger partial charge in [-0.25, -0.2) is 0 Å². The Hall–Kier alpha value is -1.79. The number of carbonyl (C=O) groups is 1. The molecule has 1 heterocycles. The lowest BCUT2D eigenvalue weighted by molar-refractivity contribution is -0.115. The number of rotatable bonds is 5. The van der Waals surface area contributed by atoms with E-state index in [1.165, 1.54) is 0 Å². The van der Waals surface area contributed by atoms with E-state index in [9.17, 15) is 4.79 Å². The quantitative estimate of drug-likeness (QED) is 0.626. The summed E-state index contributed by atoms with van der Waals surface area (Å²) in [6.07, 6.45) is 0. The van der Waals surface area contributed by atoms with Crippen molar-refractivity contribution >= 4 is 11.6 Å². The van der Waals surface area contributed by atoms with E-state index >= 15 is 0 Å². The number of hydrogen-bond donors (Lipinski definition) is 3. The zero-order valence-electron chi connectivity index (χ0n) is 9.23. The van der Waals surface area contributed by atoms with Crippen LogP contribution in [0.4, 0.5) is 5.69 Å². The average Bonchev–Trinajstić information content (AvgIpc) is 2.76. The van der Waals surface area contributed by atoms with Crippen molar-refractivity contribution in [2.45, 2.75) is 0 Å². The maximum absolute atomic E-state index is 11.5. The molecule has 0 saturated carbocycles. The molecule has 6 nitrogen and oxygen atoms in total. The fourth-order valence-electron chi connectivity index (χ4n) is 1.46. The molecule has 1 aliphatic rings. The lowest BCUT2D eigenvalue weighted by Gasteiger charge is -2.06. The molecule has 1 aromatic carbocycles. The van der Waals surface area contributed by atoms with Gasteiger partial charge in [-0.15, -0.1) is 0 Å². The highest BCUT2D eigenvalue weighted by Gasteiger charge is 2.13. The number of amides is 1. The second kappa shape index (κ2) is 5.51. The highest BCUT2D eigenvalue weighted by Crippen LogP contribution is 2.34. The molecular weight excluding hydrogens is 224 g/mol. The van der Waals surface area contributed by atoms with E-state index in [-0.39, 0.29) is 25.9 Å². The van der Waals surface area contributed by atoms with Gasteiger partial charge in [-0.05, 0) is 12.1 Å². The third-order valence-corrected chi connectivity index (χ3v) is 2.23. The van der Waals surface area contributed by atoms with Crippen LogP contribution in [0.5, 0.6) is 11.5 Å². The monoisotopic (exact) mass is 238 g/mol. The van der Waals surface area contributed by atoms with Gasteiger partial charge in [0.2, 0.25) is 12.7 Å². The fourth-order valence-corrected chi connectivity index (χ4v) is 1.46. The number of nitrogens with one attached hydrogen (secondary N) is 2. The van der Waals surface area contributed by atoms with Gasteiger partial charge in [0.15, 0.2) is 11.5 Å². The van der Waals surface area contributed by atoms with Gasteiger partial charge in [-0.1, -0.05) is 0 Å². The topological polar surface area (TPSA) is 79.8 Å². The van der Waals surface area contributed by atoms with E-state index in [2.05, 4.69) is 10.6 Å². The Bertz CT molecular complexity index is 408. The second-order valence-electron chi connectivity index (χ2n) is 3.52. The summed E-state index contributed by atoms with van der Waals surface area (Å²) in [6, 6.07) is 5.21. The molecule has 6 heteroatoms. The van der Waals surface area contributed by atoms with E-state index < -0.39 is 0 Å². The molecule has 0 atom stereocenters. The normalized spacial score (nSPS) is 12.5. The Kier molecular flexibility index (Phi) is 3.79. The van der Waals surface area contributed by atoms with Crippen molar-refractivity contribution in [3.63, 3.8) is 0 Å². The van der Waals surface area contributed by atoms with Crippen molar-refractivity contribution in [1.82, 2.24) is 5.32 Å². The molecule has 92 valence electrons. The van der Waals surface area contributed by atoms with Crippen LogP contribution in [0, 0.1) is 0 Å². The van der Waals surface area contributed by atoms with Crippen molar-refractivity contribution in [2.24, 2.45) is 0 Å². The van der Waals surface area contributed by atoms with Crippen LogP contribution in [0.15, 0.2) is 18.2 Å². The number of benzene rings is 1. The number of fused-ring (bicyclic) bond motifs is 1. The van der Waals surface area contributed by atoms with Gasteiger partial charge in [-0.2, -0.15) is 0 Å². The maximum atomic E-state index is 11.5. The summed E-state index contributed by atoms with van der Waals surface area (Å²) in [6.45, 7) is 0.783. The van der Waals surface area contributed by atoms with Crippen LogP contribution in [-0.2, 0) is 4.79 Å². The second-order valence-corrected chi connectivity index (χ2v) is 3.52. The van der Waals surface area contributed by atoms with Crippen LogP contribution in [0.3, 0.4) is 0 Å². The number of hydrogen-bond acceptors (Lipinski definition) is 5. The van der Waals surface area contributed by atoms with E-state index in [0.29, 0.717) is 23.7 Å². The summed E-state index contributed by atoms with van der Waals surface area (Å²) in [7, 11) is 0. The molecule has 0 bridgehead atoms. The van der Waals surface area contributed by atoms with E-state index in [0.717, 1.165) is 0 Å². The standard InChI is InChI=1S/C11H14N2O4/c14-4-3-12-6-11(15)13-8-1-2-9-10(5-8)17-7-16-9/h1-2,5,12,14H,3-4,6-7H2,(H,13,15). The average molecular weight is 238 g/mol. The highest BCUT2D eigenvalue weighted by molar-refractivity contribution is 5.92. The van der Waals surface area contributed by atoms with E-state index in [1.807, 2.05) is 0 Å². The molecule has 1 aromatic rings. The Morgan fingerprint density at radius 2 is 2.18 bits per heavy atom. The van der Waals surface area contributed by atoms with Crippen LogP contribution in [0.2, 0.25) is 0 Å². The Labute approximate surface area is 98.5 Å². The van der Waals surface area contributed by atoms with Gasteiger partial charge >= 0.3 is 0 Å². The van der Waals surface area contributed by atoms with Crippen LogP contribution < -0.4 is 20.1 Å². The predicted octanol–water partition coefficient (Wildman–Crippen LogP) is -0.0643. The lowest BCUT2D eigenvalue weighted by Crippen LogP contribution is -2.29. The maximum Gasteiger partial charge on any atom is 0.238 e. The largest absolute Gasteiger partial charge is 0.454 e. The first-order valence-corrected chi connectivity index (χ1v) is 5.30. The summed E-state index contributed by atoms with van der Waals surface area (Å²) >= 11 is 0. The number of carbonyl (C=O) groups excluding carboxylic acids is 1. The summed E-state index contributed by atoms with van der Waals surface area (Å²) in [5.74, 6) is 1.14. The molecule has 0 spiro atoms. The molecule has 0 radical (unpaired) electrons. The zero-order valence-corrected chi connectivity index (χ0v) is 9.23. The van der Waals surface area contributed by atoms with Crippen LogP contribution in [0.25, 0.3) is 0 Å². The van der Waals surface area contributed by atoms with Gasteiger partial charge in [0, 0.05) is 18.3 Å². The summed E-state index contributed by atoms with van der Waals surface area (Å²) in [4.78, 5) is 11.5. The highest BCUT2D eigenvalue weighted by atomic mass is 16.7. The first-order chi connectivity index (χ1) is 8.29. The van der Waals surface area contributed by atoms with Crippen LogP contribution in [0.1, 0.15) is 0 Å². The zero-order chi connectivity index (χ0) is 12.1. The van der Waals surface area contributed by atoms with Gasteiger partial charge in [0.25, 0.3) is 0 Å². The third-order valence-electron chi connectivity index (χ3n) is 2.23. The molecule has 0 saturated heterocycles. The van der Waals surface area contributed by atoms with Crippen molar-refractivity contribution in [1.29, 1.82) is 0 Å². The first kappa shape index (κ1) is 11.7. The molecule has 0 aliphatic carbocycles. The van der Waals surface area contributed by atoms with Gasteiger partial charge < -0.3 is 25.2 Å². The van der Waals surface area contributed by atoms with Gasteiger partial charge in [0.05, 0.1) is 13.2 Å². The fraction of sp³-hybridized carbons (Fsp3) is 0.364.